The van der Waals surface area contributed by atoms with E-state index in [-0.39, 0.29) is 17.7 Å². The first-order chi connectivity index (χ1) is 18.7. The number of aromatic nitrogens is 2. The predicted molar refractivity (Wildman–Crippen MR) is 139 cm³/mol. The van der Waals surface area contributed by atoms with Crippen molar-refractivity contribution in [2.75, 3.05) is 25.5 Å². The topological polar surface area (TPSA) is 108 Å². The molecule has 0 saturated carbocycles. The van der Waals surface area contributed by atoms with Crippen molar-refractivity contribution in [2.45, 2.75) is 18.6 Å². The van der Waals surface area contributed by atoms with Gasteiger partial charge < -0.3 is 15.2 Å². The highest BCUT2D eigenvalue weighted by Crippen LogP contribution is 2.38. The van der Waals surface area contributed by atoms with Gasteiger partial charge in [-0.2, -0.15) is 18.3 Å². The van der Waals surface area contributed by atoms with Crippen LogP contribution >= 0.6 is 0 Å². The summed E-state index contributed by atoms with van der Waals surface area (Å²) in [5, 5.41) is 18.2. The van der Waals surface area contributed by atoms with Crippen molar-refractivity contribution < 1.29 is 32.6 Å². The lowest BCUT2D eigenvalue weighted by atomic mass is 9.87. The number of aliphatic carboxylic acids is 1. The largest absolute Gasteiger partial charge is 0.496 e. The number of halogens is 3. The zero-order chi connectivity index (χ0) is 28.0. The number of carbonyl (C=O) groups is 2. The van der Waals surface area contributed by atoms with E-state index in [1.807, 2.05) is 42.5 Å². The zero-order valence-electron chi connectivity index (χ0n) is 21.0. The summed E-state index contributed by atoms with van der Waals surface area (Å²) < 4.78 is 37.4. The number of nitrogens with one attached hydrogen (secondary N) is 2. The molecular weight excluding hydrogens is 513 g/mol. The van der Waals surface area contributed by atoms with Crippen LogP contribution in [0.3, 0.4) is 0 Å². The number of fused-ring (bicyclic) bond motifs is 1. The average Bonchev–Trinajstić information content (AvgIpc) is 3.56. The minimum atomic E-state index is -5.08. The predicted octanol–water partition coefficient (Wildman–Crippen LogP) is 5.06. The smallest absolute Gasteiger partial charge is 0.490 e. The number of ether oxygens (including phenoxy) is 1. The molecule has 0 bridgehead atoms. The molecule has 0 spiro atoms. The summed E-state index contributed by atoms with van der Waals surface area (Å²) in [4.78, 5) is 24.7. The molecule has 11 heteroatoms. The van der Waals surface area contributed by atoms with Crippen LogP contribution in [0, 0.1) is 5.92 Å². The van der Waals surface area contributed by atoms with Crippen LogP contribution in [-0.2, 0) is 16.1 Å². The van der Waals surface area contributed by atoms with E-state index < -0.39 is 12.1 Å². The third-order valence-corrected chi connectivity index (χ3v) is 6.47. The van der Waals surface area contributed by atoms with Crippen molar-refractivity contribution in [3.63, 3.8) is 0 Å². The van der Waals surface area contributed by atoms with Gasteiger partial charge in [0.15, 0.2) is 0 Å². The van der Waals surface area contributed by atoms with Crippen molar-refractivity contribution in [2.24, 2.45) is 5.92 Å². The molecule has 3 aromatic carbocycles. The molecule has 39 heavy (non-hydrogen) atoms. The van der Waals surface area contributed by atoms with E-state index >= 15 is 0 Å². The number of H-pyrrole nitrogens is 1. The summed E-state index contributed by atoms with van der Waals surface area (Å²) in [6.45, 7) is 2.31. The molecular formula is C28H27F3N4O4. The lowest BCUT2D eigenvalue weighted by Crippen LogP contribution is -2.29. The third kappa shape index (κ3) is 6.94. The number of anilines is 1. The van der Waals surface area contributed by atoms with Crippen LogP contribution in [0.4, 0.5) is 18.9 Å². The summed E-state index contributed by atoms with van der Waals surface area (Å²) in [6.07, 6.45) is -3.32. The number of hydrogen-bond acceptors (Lipinski definition) is 5. The molecule has 0 radical (unpaired) electrons. The van der Waals surface area contributed by atoms with Crippen LogP contribution in [0.15, 0.2) is 79.0 Å². The highest BCUT2D eigenvalue weighted by atomic mass is 19.4. The SMILES string of the molecule is COc1ccccc1C1CN(Cc2ccccc2)CC1C(=O)Nc1ccc2[nH]ncc2c1.O=C(O)C(F)(F)F. The van der Waals surface area contributed by atoms with Gasteiger partial charge in [-0.1, -0.05) is 48.5 Å². The molecule has 2 heterocycles. The van der Waals surface area contributed by atoms with E-state index in [9.17, 15) is 18.0 Å². The first-order valence-electron chi connectivity index (χ1n) is 12.1. The summed E-state index contributed by atoms with van der Waals surface area (Å²) in [6, 6.07) is 24.2. The van der Waals surface area contributed by atoms with Gasteiger partial charge >= 0.3 is 12.1 Å². The normalized spacial score (nSPS) is 17.3. The molecule has 1 aromatic heterocycles. The maximum absolute atomic E-state index is 13.5. The van der Waals surface area contributed by atoms with Gasteiger partial charge in [0.1, 0.15) is 5.75 Å². The Labute approximate surface area is 222 Å². The number of likely N-dealkylation sites (tertiary alicyclic amines) is 1. The maximum Gasteiger partial charge on any atom is 0.490 e. The summed E-state index contributed by atoms with van der Waals surface area (Å²) in [5.41, 5.74) is 4.06. The number of nitrogens with zero attached hydrogens (tertiary/aromatic N) is 2. The van der Waals surface area contributed by atoms with E-state index in [4.69, 9.17) is 14.6 Å². The maximum atomic E-state index is 13.5. The second kappa shape index (κ2) is 12.0. The molecule has 204 valence electrons. The van der Waals surface area contributed by atoms with Gasteiger partial charge in [-0.25, -0.2) is 4.79 Å². The number of hydrogen-bond donors (Lipinski definition) is 3. The second-order valence-electron chi connectivity index (χ2n) is 9.10. The quantitative estimate of drug-likeness (QED) is 0.316. The van der Waals surface area contributed by atoms with Gasteiger partial charge in [0.25, 0.3) is 0 Å². The fraction of sp³-hybridized carbons (Fsp3) is 0.250. The Morgan fingerprint density at radius 3 is 2.46 bits per heavy atom. The Morgan fingerprint density at radius 2 is 1.77 bits per heavy atom. The van der Waals surface area contributed by atoms with Gasteiger partial charge in [0.05, 0.1) is 24.7 Å². The van der Waals surface area contributed by atoms with Gasteiger partial charge in [-0.05, 0) is 35.4 Å². The summed E-state index contributed by atoms with van der Waals surface area (Å²) in [7, 11) is 1.69. The molecule has 1 fully saturated rings. The number of methoxy groups -OCH3 is 1. The molecule has 5 rings (SSSR count). The number of carboxylic acid groups (broad SMARTS) is 1. The number of carbonyl (C=O) groups excluding carboxylic acids is 1. The van der Waals surface area contributed by atoms with E-state index in [2.05, 4.69) is 50.7 Å². The zero-order valence-corrected chi connectivity index (χ0v) is 21.0. The van der Waals surface area contributed by atoms with E-state index in [1.165, 1.54) is 5.56 Å². The van der Waals surface area contributed by atoms with Crippen LogP contribution < -0.4 is 10.1 Å². The van der Waals surface area contributed by atoms with Crippen LogP contribution in [0.25, 0.3) is 10.9 Å². The molecule has 2 unspecified atom stereocenters. The molecule has 1 aliphatic rings. The lowest BCUT2D eigenvalue weighted by molar-refractivity contribution is -0.192. The Balaban J connectivity index is 0.000000448. The van der Waals surface area contributed by atoms with Crippen molar-refractivity contribution in [1.82, 2.24) is 15.1 Å². The Bertz CT molecular complexity index is 1430. The number of benzene rings is 3. The monoisotopic (exact) mass is 540 g/mol. The fourth-order valence-electron chi connectivity index (χ4n) is 4.66. The van der Waals surface area contributed by atoms with E-state index in [0.717, 1.165) is 41.0 Å². The number of alkyl halides is 3. The fourth-order valence-corrected chi connectivity index (χ4v) is 4.66. The summed E-state index contributed by atoms with van der Waals surface area (Å²) >= 11 is 0. The molecule has 4 aromatic rings. The first-order valence-corrected chi connectivity index (χ1v) is 12.1. The van der Waals surface area contributed by atoms with Crippen molar-refractivity contribution in [1.29, 1.82) is 0 Å². The van der Waals surface area contributed by atoms with Crippen molar-refractivity contribution in [3.05, 3.63) is 90.1 Å². The minimum Gasteiger partial charge on any atom is -0.496 e. The van der Waals surface area contributed by atoms with Gasteiger partial charge in [-0.3, -0.25) is 14.8 Å². The van der Waals surface area contributed by atoms with Crippen LogP contribution in [0.5, 0.6) is 5.75 Å². The van der Waals surface area contributed by atoms with Gasteiger partial charge in [-0.15, -0.1) is 0 Å². The van der Waals surface area contributed by atoms with Crippen LogP contribution in [0.1, 0.15) is 17.0 Å². The molecule has 3 N–H and O–H groups in total. The molecule has 8 nitrogen and oxygen atoms in total. The van der Waals surface area contributed by atoms with Gasteiger partial charge in [0, 0.05) is 36.6 Å². The second-order valence-corrected chi connectivity index (χ2v) is 9.10. The Hall–Kier alpha value is -4.38. The summed E-state index contributed by atoms with van der Waals surface area (Å²) in [5.74, 6) is -2.04. The van der Waals surface area contributed by atoms with Crippen molar-refractivity contribution in [3.8, 4) is 5.75 Å². The lowest BCUT2D eigenvalue weighted by Gasteiger charge is -2.20. The molecule has 1 saturated heterocycles. The van der Waals surface area contributed by atoms with Gasteiger partial charge in [0.2, 0.25) is 5.91 Å². The third-order valence-electron chi connectivity index (χ3n) is 6.47. The number of aromatic amines is 1. The number of para-hydroxylation sites is 1. The van der Waals surface area contributed by atoms with Crippen LogP contribution in [0.2, 0.25) is 0 Å². The van der Waals surface area contributed by atoms with Crippen molar-refractivity contribution >= 4 is 28.5 Å². The number of amides is 1. The molecule has 2 atom stereocenters. The highest BCUT2D eigenvalue weighted by Gasteiger charge is 2.40. The Morgan fingerprint density at radius 1 is 1.08 bits per heavy atom. The Kier molecular flexibility index (Phi) is 8.50. The van der Waals surface area contributed by atoms with Crippen LogP contribution in [-0.4, -0.2) is 58.5 Å². The number of rotatable bonds is 6. The standard InChI is InChI=1S/C26H26N4O2.C2HF3O2/c1-32-25-10-6-5-9-21(25)22-16-30(15-18-7-3-2-4-8-18)17-23(22)26(31)28-20-11-12-24-19(13-20)14-27-29-24;3-2(4,5)1(6)7/h2-14,22-23H,15-17H2,1H3,(H,27,29)(H,28,31);(H,6,7). The molecule has 0 aliphatic carbocycles. The van der Waals surface area contributed by atoms with E-state index in [1.54, 1.807) is 13.3 Å². The molecule has 1 aliphatic heterocycles. The average molecular weight is 541 g/mol. The minimum absolute atomic E-state index is 0.0271. The number of carboxylic acids is 1. The van der Waals surface area contributed by atoms with E-state index in [0.29, 0.717) is 6.54 Å². The first kappa shape index (κ1) is 27.6. The molecule has 1 amide bonds. The highest BCUT2D eigenvalue weighted by molar-refractivity contribution is 5.95.